The maximum Gasteiger partial charge on any atom is 0.389 e. The van der Waals surface area contributed by atoms with Gasteiger partial charge in [0.1, 0.15) is 4.33 Å². The highest BCUT2D eigenvalue weighted by atomic mass is 35.5. The number of alkyl halides is 5. The molecule has 172 valence electrons. The van der Waals surface area contributed by atoms with Crippen molar-refractivity contribution < 1.29 is 22.8 Å². The summed E-state index contributed by atoms with van der Waals surface area (Å²) in [5, 5.41) is 5.74. The van der Waals surface area contributed by atoms with Crippen molar-refractivity contribution in [1.29, 1.82) is 0 Å². The second kappa shape index (κ2) is 9.47. The number of benzene rings is 2. The monoisotopic (exact) mass is 546 g/mol. The van der Waals surface area contributed by atoms with Gasteiger partial charge in [0.05, 0.1) is 23.0 Å². The molecule has 2 N–H and O–H groups in total. The molecule has 2 aromatic rings. The van der Waals surface area contributed by atoms with E-state index < -0.39 is 47.0 Å². The van der Waals surface area contributed by atoms with Gasteiger partial charge >= 0.3 is 6.18 Å². The van der Waals surface area contributed by atoms with Crippen LogP contribution in [0.4, 0.5) is 24.5 Å². The molecule has 2 aromatic carbocycles. The lowest BCUT2D eigenvalue weighted by atomic mass is 10.1. The first-order valence-electron chi connectivity index (χ1n) is 9.09. The van der Waals surface area contributed by atoms with E-state index in [-0.39, 0.29) is 16.4 Å². The molecule has 0 bridgehead atoms. The van der Waals surface area contributed by atoms with Crippen molar-refractivity contribution in [2.45, 2.75) is 29.3 Å². The van der Waals surface area contributed by atoms with E-state index in [1.54, 1.807) is 12.1 Å². The van der Waals surface area contributed by atoms with E-state index in [1.807, 2.05) is 0 Å². The molecule has 0 radical (unpaired) electrons. The summed E-state index contributed by atoms with van der Waals surface area (Å²) in [5.41, 5.74) is 0.888. The van der Waals surface area contributed by atoms with Crippen LogP contribution in [0.25, 0.3) is 0 Å². The van der Waals surface area contributed by atoms with Crippen LogP contribution < -0.4 is 10.6 Å². The molecular formula is C20H14Cl5F3N2O2. The number of hydrogen-bond acceptors (Lipinski definition) is 2. The third-order valence-electron chi connectivity index (χ3n) is 4.72. The molecule has 4 nitrogen and oxygen atoms in total. The second-order valence-electron chi connectivity index (χ2n) is 7.18. The average molecular weight is 549 g/mol. The predicted octanol–water partition coefficient (Wildman–Crippen LogP) is 7.45. The normalized spacial score (nSPS) is 19.4. The Labute approximate surface area is 206 Å². The van der Waals surface area contributed by atoms with Crippen molar-refractivity contribution in [3.63, 3.8) is 0 Å². The summed E-state index contributed by atoms with van der Waals surface area (Å²) in [6.45, 7) is 0. The van der Waals surface area contributed by atoms with Gasteiger partial charge in [0, 0.05) is 28.1 Å². The van der Waals surface area contributed by atoms with Crippen molar-refractivity contribution in [1.82, 2.24) is 0 Å². The van der Waals surface area contributed by atoms with E-state index in [1.165, 1.54) is 24.3 Å². The molecule has 1 fully saturated rings. The standard InChI is InChI=1S/C20H14Cl5F3N2O2/c21-10-5-9(6-11(22)7-10)16-17(20(16,24)25)18(32)29-12-1-2-13(23)14(8-12)30-15(31)3-4-19(26,27)28/h1-2,5-8,16-17H,3-4H2,(H,29,32)(H,30,31). The molecule has 2 unspecified atom stereocenters. The molecule has 2 atom stereocenters. The van der Waals surface area contributed by atoms with Crippen LogP contribution in [0.3, 0.4) is 0 Å². The van der Waals surface area contributed by atoms with E-state index in [0.29, 0.717) is 15.6 Å². The number of rotatable bonds is 6. The van der Waals surface area contributed by atoms with Crippen LogP contribution in [-0.4, -0.2) is 22.3 Å². The molecule has 0 heterocycles. The van der Waals surface area contributed by atoms with E-state index in [4.69, 9.17) is 58.0 Å². The molecule has 1 aliphatic rings. The second-order valence-corrected chi connectivity index (χ2v) is 9.90. The Bertz CT molecular complexity index is 1040. The van der Waals surface area contributed by atoms with Crippen LogP contribution in [0, 0.1) is 5.92 Å². The summed E-state index contributed by atoms with van der Waals surface area (Å²) in [6.07, 6.45) is -6.49. The van der Waals surface area contributed by atoms with Crippen LogP contribution in [0.15, 0.2) is 36.4 Å². The highest BCUT2D eigenvalue weighted by Gasteiger charge is 2.67. The van der Waals surface area contributed by atoms with Crippen LogP contribution in [0.2, 0.25) is 15.1 Å². The summed E-state index contributed by atoms with van der Waals surface area (Å²) < 4.78 is 35.5. The molecule has 1 saturated carbocycles. The zero-order valence-electron chi connectivity index (χ0n) is 15.9. The Hall–Kier alpha value is -1.38. The van der Waals surface area contributed by atoms with Gasteiger partial charge in [0.15, 0.2) is 0 Å². The molecule has 32 heavy (non-hydrogen) atoms. The molecule has 0 saturated heterocycles. The van der Waals surface area contributed by atoms with Crippen molar-refractivity contribution >= 4 is 81.2 Å². The molecule has 12 heteroatoms. The highest BCUT2D eigenvalue weighted by molar-refractivity contribution is 6.53. The van der Waals surface area contributed by atoms with Crippen LogP contribution in [-0.2, 0) is 9.59 Å². The first-order valence-corrected chi connectivity index (χ1v) is 11.0. The SMILES string of the molecule is O=C(CCC(F)(F)F)Nc1cc(NC(=O)C2C(c3cc(Cl)cc(Cl)c3)C2(Cl)Cl)ccc1Cl. The summed E-state index contributed by atoms with van der Waals surface area (Å²) in [7, 11) is 0. The lowest BCUT2D eigenvalue weighted by Gasteiger charge is -2.11. The summed E-state index contributed by atoms with van der Waals surface area (Å²) in [4.78, 5) is 24.6. The lowest BCUT2D eigenvalue weighted by Crippen LogP contribution is -2.18. The Morgan fingerprint density at radius 3 is 2.19 bits per heavy atom. The van der Waals surface area contributed by atoms with Crippen molar-refractivity contribution in [2.75, 3.05) is 10.6 Å². The molecule has 0 aliphatic heterocycles. The molecular weight excluding hydrogens is 534 g/mol. The number of nitrogens with one attached hydrogen (secondary N) is 2. The number of halogens is 8. The maximum absolute atomic E-state index is 12.8. The predicted molar refractivity (Wildman–Crippen MR) is 121 cm³/mol. The van der Waals surface area contributed by atoms with E-state index in [9.17, 15) is 22.8 Å². The van der Waals surface area contributed by atoms with Gasteiger partial charge in [-0.15, -0.1) is 23.2 Å². The molecule has 2 amide bonds. The number of amides is 2. The number of carbonyl (C=O) groups is 2. The third kappa shape index (κ3) is 6.14. The fourth-order valence-corrected chi connectivity index (χ4v) is 4.75. The first kappa shape index (κ1) is 25.2. The minimum Gasteiger partial charge on any atom is -0.326 e. The average Bonchev–Trinajstić information content (AvgIpc) is 3.24. The van der Waals surface area contributed by atoms with Gasteiger partial charge in [0.2, 0.25) is 11.8 Å². The van der Waals surface area contributed by atoms with Crippen LogP contribution in [0.5, 0.6) is 0 Å². The van der Waals surface area contributed by atoms with E-state index in [0.717, 1.165) is 0 Å². The fourth-order valence-electron chi connectivity index (χ4n) is 3.21. The molecule has 0 spiro atoms. The van der Waals surface area contributed by atoms with Gasteiger partial charge in [-0.2, -0.15) is 13.2 Å². The highest BCUT2D eigenvalue weighted by Crippen LogP contribution is 2.65. The fraction of sp³-hybridized carbons (Fsp3) is 0.300. The number of carbonyl (C=O) groups excluding carboxylic acids is 2. The lowest BCUT2D eigenvalue weighted by molar-refractivity contribution is -0.142. The van der Waals surface area contributed by atoms with Gasteiger partial charge in [-0.25, -0.2) is 0 Å². The minimum absolute atomic E-state index is 0.0496. The van der Waals surface area contributed by atoms with Crippen molar-refractivity contribution in [3.05, 3.63) is 57.0 Å². The van der Waals surface area contributed by atoms with Gasteiger partial charge in [0.25, 0.3) is 0 Å². The van der Waals surface area contributed by atoms with Gasteiger partial charge in [-0.1, -0.05) is 34.8 Å². The maximum atomic E-state index is 12.8. The van der Waals surface area contributed by atoms with Crippen LogP contribution in [0.1, 0.15) is 24.3 Å². The number of hydrogen-bond donors (Lipinski definition) is 2. The van der Waals surface area contributed by atoms with Crippen molar-refractivity contribution in [2.24, 2.45) is 5.92 Å². The van der Waals surface area contributed by atoms with Crippen molar-refractivity contribution in [3.8, 4) is 0 Å². The Morgan fingerprint density at radius 1 is 0.969 bits per heavy atom. The largest absolute Gasteiger partial charge is 0.389 e. The topological polar surface area (TPSA) is 58.2 Å². The summed E-state index contributed by atoms with van der Waals surface area (Å²) in [6, 6.07) is 8.93. The minimum atomic E-state index is -4.46. The van der Waals surface area contributed by atoms with Gasteiger partial charge in [-0.3, -0.25) is 9.59 Å². The Morgan fingerprint density at radius 2 is 1.59 bits per heavy atom. The summed E-state index contributed by atoms with van der Waals surface area (Å²) in [5.74, 6) is -2.75. The Balaban J connectivity index is 1.70. The zero-order chi connectivity index (χ0) is 23.8. The van der Waals surface area contributed by atoms with Gasteiger partial charge in [-0.05, 0) is 42.0 Å². The zero-order valence-corrected chi connectivity index (χ0v) is 19.7. The summed E-state index contributed by atoms with van der Waals surface area (Å²) >= 11 is 30.7. The van der Waals surface area contributed by atoms with Crippen LogP contribution >= 0.6 is 58.0 Å². The first-order chi connectivity index (χ1) is 14.8. The number of anilines is 2. The molecule has 1 aliphatic carbocycles. The quantitative estimate of drug-likeness (QED) is 0.368. The molecule has 0 aromatic heterocycles. The molecule has 3 rings (SSSR count). The van der Waals surface area contributed by atoms with Gasteiger partial charge < -0.3 is 10.6 Å². The van der Waals surface area contributed by atoms with E-state index >= 15 is 0 Å². The third-order valence-corrected chi connectivity index (χ3v) is 6.43. The van der Waals surface area contributed by atoms with E-state index in [2.05, 4.69) is 10.6 Å². The Kier molecular flexibility index (Phi) is 7.47. The smallest absolute Gasteiger partial charge is 0.326 e.